The molecule has 2 heterocycles. The molecular formula is C13H17ClFN3O. The van der Waals surface area contributed by atoms with Gasteiger partial charge in [0.1, 0.15) is 5.82 Å². The maximum absolute atomic E-state index is 13.3. The van der Waals surface area contributed by atoms with Gasteiger partial charge in [0.25, 0.3) is 0 Å². The monoisotopic (exact) mass is 285 g/mol. The Kier molecular flexibility index (Phi) is 3.96. The molecule has 0 saturated carbocycles. The fourth-order valence-corrected chi connectivity index (χ4v) is 2.63. The summed E-state index contributed by atoms with van der Waals surface area (Å²) in [4.78, 5) is 15.9. The van der Waals surface area contributed by atoms with Crippen LogP contribution < -0.4 is 10.2 Å². The summed E-state index contributed by atoms with van der Waals surface area (Å²) in [6, 6.07) is 5.10. The molecule has 1 N–H and O–H groups in total. The molecule has 104 valence electrons. The third kappa shape index (κ3) is 2.40. The molecule has 2 fully saturated rings. The highest BCUT2D eigenvalue weighted by molar-refractivity contribution is 5.94. The minimum Gasteiger partial charge on any atom is -0.317 e. The lowest BCUT2D eigenvalue weighted by molar-refractivity contribution is 0.193. The van der Waals surface area contributed by atoms with Crippen LogP contribution in [0.25, 0.3) is 0 Å². The zero-order chi connectivity index (χ0) is 12.7. The number of halogens is 2. The number of urea groups is 1. The Labute approximate surface area is 118 Å². The molecule has 2 amide bonds. The minimum absolute atomic E-state index is 0. The van der Waals surface area contributed by atoms with Gasteiger partial charge in [-0.3, -0.25) is 4.90 Å². The number of benzene rings is 1. The number of rotatable bonds is 1. The van der Waals surface area contributed by atoms with Crippen molar-refractivity contribution in [3.05, 3.63) is 29.6 Å². The van der Waals surface area contributed by atoms with Crippen molar-refractivity contribution in [1.29, 1.82) is 0 Å². The number of hydrogen-bond acceptors (Lipinski definition) is 2. The van der Waals surface area contributed by atoms with Crippen LogP contribution in [0.1, 0.15) is 5.56 Å². The summed E-state index contributed by atoms with van der Waals surface area (Å²) in [5.74, 6) is -0.232. The highest BCUT2D eigenvalue weighted by Gasteiger charge is 2.39. The fraction of sp³-hybridized carbons (Fsp3) is 0.462. The number of nitrogens with zero attached hydrogens (tertiary/aromatic N) is 2. The van der Waals surface area contributed by atoms with E-state index in [2.05, 4.69) is 5.32 Å². The van der Waals surface area contributed by atoms with Crippen LogP contribution in [0, 0.1) is 12.7 Å². The Morgan fingerprint density at radius 3 is 2.89 bits per heavy atom. The number of carbonyl (C=O) groups is 1. The Morgan fingerprint density at radius 2 is 2.21 bits per heavy atom. The van der Waals surface area contributed by atoms with Gasteiger partial charge < -0.3 is 10.2 Å². The number of carbonyl (C=O) groups excluding carboxylic acids is 1. The van der Waals surface area contributed by atoms with Crippen molar-refractivity contribution in [2.45, 2.75) is 13.0 Å². The Hall–Kier alpha value is -1.33. The Morgan fingerprint density at radius 1 is 1.42 bits per heavy atom. The van der Waals surface area contributed by atoms with Crippen molar-refractivity contribution in [1.82, 2.24) is 10.2 Å². The summed E-state index contributed by atoms with van der Waals surface area (Å²) in [5, 5.41) is 3.29. The first-order chi connectivity index (χ1) is 8.66. The molecule has 0 spiro atoms. The van der Waals surface area contributed by atoms with Crippen LogP contribution in [0.5, 0.6) is 0 Å². The summed E-state index contributed by atoms with van der Waals surface area (Å²) in [5.41, 5.74) is 1.36. The van der Waals surface area contributed by atoms with Gasteiger partial charge in [0.2, 0.25) is 0 Å². The van der Waals surface area contributed by atoms with Crippen molar-refractivity contribution in [3.8, 4) is 0 Å². The molecule has 1 aromatic rings. The van der Waals surface area contributed by atoms with Crippen LogP contribution in [0.3, 0.4) is 0 Å². The first-order valence-corrected chi connectivity index (χ1v) is 6.22. The van der Waals surface area contributed by atoms with Crippen LogP contribution in [-0.2, 0) is 0 Å². The van der Waals surface area contributed by atoms with Gasteiger partial charge in [-0.2, -0.15) is 0 Å². The van der Waals surface area contributed by atoms with Crippen molar-refractivity contribution in [2.24, 2.45) is 0 Å². The van der Waals surface area contributed by atoms with Gasteiger partial charge in [-0.1, -0.05) is 0 Å². The zero-order valence-electron chi connectivity index (χ0n) is 10.7. The first-order valence-electron chi connectivity index (χ1n) is 6.22. The number of aryl methyl sites for hydroxylation is 1. The van der Waals surface area contributed by atoms with Crippen LogP contribution in [0.2, 0.25) is 0 Å². The lowest BCUT2D eigenvalue weighted by Crippen LogP contribution is -2.49. The summed E-state index contributed by atoms with van der Waals surface area (Å²) in [6.07, 6.45) is 0. The minimum atomic E-state index is -0.232. The standard InChI is InChI=1S/C13H16FN3O.ClH/c1-9-6-10(2-3-12(9)14)17-8-11-7-15-4-5-16(11)13(17)18;/h2-3,6,11,15H,4-5,7-8H2,1H3;1H. The molecule has 2 saturated heterocycles. The van der Waals surface area contributed by atoms with Gasteiger partial charge in [0, 0.05) is 31.9 Å². The summed E-state index contributed by atoms with van der Waals surface area (Å²) < 4.78 is 13.3. The lowest BCUT2D eigenvalue weighted by Gasteiger charge is -2.28. The largest absolute Gasteiger partial charge is 0.324 e. The third-order valence-corrected chi connectivity index (χ3v) is 3.67. The predicted molar refractivity (Wildman–Crippen MR) is 74.5 cm³/mol. The third-order valence-electron chi connectivity index (χ3n) is 3.67. The molecule has 0 radical (unpaired) electrons. The number of nitrogens with one attached hydrogen (secondary N) is 1. The topological polar surface area (TPSA) is 35.6 Å². The van der Waals surface area contributed by atoms with E-state index in [0.717, 1.165) is 25.3 Å². The molecule has 2 aliphatic heterocycles. The van der Waals surface area contributed by atoms with Gasteiger partial charge in [-0.15, -0.1) is 12.4 Å². The second kappa shape index (κ2) is 5.35. The van der Waals surface area contributed by atoms with Gasteiger partial charge in [0.05, 0.1) is 6.04 Å². The Bertz CT molecular complexity index is 497. The SMILES string of the molecule is Cc1cc(N2CC3CNCCN3C2=O)ccc1F.Cl. The zero-order valence-corrected chi connectivity index (χ0v) is 11.5. The van der Waals surface area contributed by atoms with E-state index in [4.69, 9.17) is 0 Å². The maximum atomic E-state index is 13.3. The van der Waals surface area contributed by atoms with E-state index in [1.807, 2.05) is 4.90 Å². The average molecular weight is 286 g/mol. The Balaban J connectivity index is 0.00000133. The molecule has 2 aliphatic rings. The van der Waals surface area contributed by atoms with E-state index in [1.165, 1.54) is 6.07 Å². The van der Waals surface area contributed by atoms with Crippen molar-refractivity contribution in [2.75, 3.05) is 31.1 Å². The summed E-state index contributed by atoms with van der Waals surface area (Å²) in [7, 11) is 0. The molecule has 0 aromatic heterocycles. The van der Waals surface area contributed by atoms with Crippen molar-refractivity contribution < 1.29 is 9.18 Å². The fourth-order valence-electron chi connectivity index (χ4n) is 2.63. The van der Waals surface area contributed by atoms with E-state index in [-0.39, 0.29) is 30.3 Å². The number of piperazine rings is 1. The van der Waals surface area contributed by atoms with E-state index < -0.39 is 0 Å². The molecule has 1 atom stereocenters. The molecule has 0 aliphatic carbocycles. The normalized spacial score (nSPS) is 22.2. The highest BCUT2D eigenvalue weighted by atomic mass is 35.5. The maximum Gasteiger partial charge on any atom is 0.324 e. The predicted octanol–water partition coefficient (Wildman–Crippen LogP) is 1.77. The molecule has 1 aromatic carbocycles. The van der Waals surface area contributed by atoms with Crippen LogP contribution >= 0.6 is 12.4 Å². The van der Waals surface area contributed by atoms with Gasteiger partial charge in [-0.25, -0.2) is 9.18 Å². The molecule has 4 nitrogen and oxygen atoms in total. The van der Waals surface area contributed by atoms with Gasteiger partial charge >= 0.3 is 6.03 Å². The van der Waals surface area contributed by atoms with Gasteiger partial charge in [-0.05, 0) is 30.7 Å². The average Bonchev–Trinajstić information content (AvgIpc) is 2.71. The number of fused-ring (bicyclic) bond motifs is 1. The molecular weight excluding hydrogens is 269 g/mol. The first kappa shape index (κ1) is 14.1. The second-order valence-electron chi connectivity index (χ2n) is 4.88. The van der Waals surface area contributed by atoms with Gasteiger partial charge in [0.15, 0.2) is 0 Å². The van der Waals surface area contributed by atoms with Crippen molar-refractivity contribution >= 4 is 24.1 Å². The number of amides is 2. The quantitative estimate of drug-likeness (QED) is 0.854. The van der Waals surface area contributed by atoms with E-state index >= 15 is 0 Å². The highest BCUT2D eigenvalue weighted by Crippen LogP contribution is 2.26. The van der Waals surface area contributed by atoms with Crippen LogP contribution in [0.4, 0.5) is 14.9 Å². The van der Waals surface area contributed by atoms with E-state index in [1.54, 1.807) is 24.0 Å². The second-order valence-corrected chi connectivity index (χ2v) is 4.88. The molecule has 3 rings (SSSR count). The smallest absolute Gasteiger partial charge is 0.317 e. The number of anilines is 1. The molecule has 1 unspecified atom stereocenters. The van der Waals surface area contributed by atoms with Crippen LogP contribution in [-0.4, -0.2) is 43.2 Å². The van der Waals surface area contributed by atoms with Crippen molar-refractivity contribution in [3.63, 3.8) is 0 Å². The molecule has 19 heavy (non-hydrogen) atoms. The summed E-state index contributed by atoms with van der Waals surface area (Å²) >= 11 is 0. The number of hydrogen-bond donors (Lipinski definition) is 1. The molecule has 0 bridgehead atoms. The molecule has 6 heteroatoms. The van der Waals surface area contributed by atoms with E-state index in [0.29, 0.717) is 12.1 Å². The lowest BCUT2D eigenvalue weighted by atomic mass is 10.2. The summed E-state index contributed by atoms with van der Waals surface area (Å²) in [6.45, 7) is 4.83. The van der Waals surface area contributed by atoms with E-state index in [9.17, 15) is 9.18 Å². The van der Waals surface area contributed by atoms with Crippen LogP contribution in [0.15, 0.2) is 18.2 Å².